The molecule has 0 saturated carbocycles. The zero-order valence-corrected chi connectivity index (χ0v) is 7.17. The van der Waals surface area contributed by atoms with Gasteiger partial charge in [-0.15, -0.1) is 0 Å². The van der Waals surface area contributed by atoms with Gasteiger partial charge < -0.3 is 4.74 Å². The maximum atomic E-state index is 12.7. The Bertz CT molecular complexity index is 248. The fourth-order valence-corrected chi connectivity index (χ4v) is 1.09. The third-order valence-corrected chi connectivity index (χ3v) is 1.65. The molecule has 0 fully saturated rings. The summed E-state index contributed by atoms with van der Waals surface area (Å²) < 4.78 is 17.8. The first-order chi connectivity index (χ1) is 5.77. The van der Waals surface area contributed by atoms with E-state index in [4.69, 9.17) is 4.74 Å². The summed E-state index contributed by atoms with van der Waals surface area (Å²) in [6.07, 6.45) is -0.235. The molecule has 0 amide bonds. The van der Waals surface area contributed by atoms with Crippen molar-refractivity contribution in [3.05, 3.63) is 35.6 Å². The summed E-state index contributed by atoms with van der Waals surface area (Å²) in [6, 6.07) is 6.33. The summed E-state index contributed by atoms with van der Waals surface area (Å²) in [5.41, 5.74) is 0.792. The van der Waals surface area contributed by atoms with Crippen molar-refractivity contribution >= 4 is 0 Å². The van der Waals surface area contributed by atoms with Crippen molar-refractivity contribution in [1.82, 2.24) is 5.32 Å². The van der Waals surface area contributed by atoms with E-state index in [1.165, 1.54) is 12.1 Å². The van der Waals surface area contributed by atoms with E-state index in [0.717, 1.165) is 5.56 Å². The largest absolute Gasteiger partial charge is 0.362 e. The smallest absolute Gasteiger partial charge is 0.133 e. The molecule has 1 atom stereocenters. The van der Waals surface area contributed by atoms with Gasteiger partial charge in [0.05, 0.1) is 0 Å². The Balaban J connectivity index is 2.85. The molecule has 0 aliphatic carbocycles. The van der Waals surface area contributed by atoms with Crippen LogP contribution in [0.1, 0.15) is 11.8 Å². The van der Waals surface area contributed by atoms with Gasteiger partial charge in [-0.05, 0) is 24.7 Å². The van der Waals surface area contributed by atoms with Gasteiger partial charge in [0.2, 0.25) is 0 Å². The maximum Gasteiger partial charge on any atom is 0.133 e. The number of methoxy groups -OCH3 is 1. The highest BCUT2D eigenvalue weighted by Crippen LogP contribution is 2.13. The van der Waals surface area contributed by atoms with Crippen LogP contribution in [0, 0.1) is 5.82 Å². The number of rotatable bonds is 3. The highest BCUT2D eigenvalue weighted by atomic mass is 19.1. The Morgan fingerprint density at radius 1 is 1.50 bits per heavy atom. The lowest BCUT2D eigenvalue weighted by molar-refractivity contribution is 0.0806. The summed E-state index contributed by atoms with van der Waals surface area (Å²) in [7, 11) is 3.34. The number of hydrogen-bond donors (Lipinski definition) is 1. The first-order valence-corrected chi connectivity index (χ1v) is 3.73. The molecule has 0 spiro atoms. The van der Waals surface area contributed by atoms with Crippen LogP contribution < -0.4 is 5.32 Å². The predicted octanol–water partition coefficient (Wildman–Crippen LogP) is 1.69. The topological polar surface area (TPSA) is 21.3 Å². The number of ether oxygens (including phenoxy) is 1. The Labute approximate surface area is 71.4 Å². The second-order valence-corrected chi connectivity index (χ2v) is 2.46. The Kier molecular flexibility index (Phi) is 3.19. The van der Waals surface area contributed by atoms with Gasteiger partial charge in [-0.2, -0.15) is 0 Å². The molecule has 3 heteroatoms. The van der Waals surface area contributed by atoms with E-state index in [1.54, 1.807) is 20.2 Å². The molecule has 0 saturated heterocycles. The maximum absolute atomic E-state index is 12.7. The predicted molar refractivity (Wildman–Crippen MR) is 45.2 cm³/mol. The van der Waals surface area contributed by atoms with Crippen molar-refractivity contribution in [2.75, 3.05) is 14.2 Å². The lowest BCUT2D eigenvalue weighted by Crippen LogP contribution is -2.17. The van der Waals surface area contributed by atoms with Crippen molar-refractivity contribution < 1.29 is 9.13 Å². The average molecular weight is 169 g/mol. The first kappa shape index (κ1) is 9.16. The van der Waals surface area contributed by atoms with Gasteiger partial charge in [-0.1, -0.05) is 12.1 Å². The third-order valence-electron chi connectivity index (χ3n) is 1.65. The Morgan fingerprint density at radius 3 is 2.75 bits per heavy atom. The monoisotopic (exact) mass is 169 g/mol. The van der Waals surface area contributed by atoms with Crippen LogP contribution in [0.5, 0.6) is 0 Å². The van der Waals surface area contributed by atoms with Crippen LogP contribution in [0.25, 0.3) is 0 Å². The van der Waals surface area contributed by atoms with Gasteiger partial charge in [0.1, 0.15) is 12.0 Å². The summed E-state index contributed by atoms with van der Waals surface area (Å²) in [5, 5.41) is 2.91. The fourth-order valence-electron chi connectivity index (χ4n) is 1.09. The number of hydrogen-bond acceptors (Lipinski definition) is 2. The van der Waals surface area contributed by atoms with Gasteiger partial charge in [-0.25, -0.2) is 4.39 Å². The van der Waals surface area contributed by atoms with Gasteiger partial charge in [-0.3, -0.25) is 5.32 Å². The molecule has 66 valence electrons. The summed E-state index contributed by atoms with van der Waals surface area (Å²) >= 11 is 0. The van der Waals surface area contributed by atoms with Crippen molar-refractivity contribution in [1.29, 1.82) is 0 Å². The zero-order chi connectivity index (χ0) is 8.97. The lowest BCUT2D eigenvalue weighted by Gasteiger charge is -2.13. The number of halogens is 1. The molecule has 12 heavy (non-hydrogen) atoms. The molecule has 1 unspecified atom stereocenters. The minimum atomic E-state index is -0.246. The molecule has 0 aromatic heterocycles. The van der Waals surface area contributed by atoms with Gasteiger partial charge in [0.15, 0.2) is 0 Å². The van der Waals surface area contributed by atoms with Crippen LogP contribution in [0.3, 0.4) is 0 Å². The molecule has 0 heterocycles. The van der Waals surface area contributed by atoms with Crippen LogP contribution in [0.4, 0.5) is 4.39 Å². The van der Waals surface area contributed by atoms with E-state index < -0.39 is 0 Å². The quantitative estimate of drug-likeness (QED) is 0.695. The van der Waals surface area contributed by atoms with Crippen molar-refractivity contribution in [3.8, 4) is 0 Å². The Hall–Kier alpha value is -0.930. The van der Waals surface area contributed by atoms with Crippen LogP contribution in [-0.2, 0) is 4.74 Å². The van der Waals surface area contributed by atoms with Gasteiger partial charge in [0, 0.05) is 7.11 Å². The lowest BCUT2D eigenvalue weighted by atomic mass is 10.2. The van der Waals surface area contributed by atoms with E-state index in [1.807, 2.05) is 6.07 Å². The van der Waals surface area contributed by atoms with E-state index in [0.29, 0.717) is 0 Å². The molecular weight excluding hydrogens is 157 g/mol. The summed E-state index contributed by atoms with van der Waals surface area (Å²) in [4.78, 5) is 0. The van der Waals surface area contributed by atoms with E-state index in [-0.39, 0.29) is 12.0 Å². The Morgan fingerprint density at radius 2 is 2.25 bits per heavy atom. The van der Waals surface area contributed by atoms with Crippen molar-refractivity contribution in [2.45, 2.75) is 6.23 Å². The minimum Gasteiger partial charge on any atom is -0.362 e. The molecule has 1 aromatic rings. The SMILES string of the molecule is CNC(OC)c1cccc(F)c1. The minimum absolute atomic E-state index is 0.235. The second-order valence-electron chi connectivity index (χ2n) is 2.46. The number of benzene rings is 1. The molecule has 0 radical (unpaired) electrons. The fraction of sp³-hybridized carbons (Fsp3) is 0.333. The molecule has 1 N–H and O–H groups in total. The second kappa shape index (κ2) is 4.18. The molecular formula is C9H12FNO. The third kappa shape index (κ3) is 2.03. The molecule has 0 bridgehead atoms. The summed E-state index contributed by atoms with van der Waals surface area (Å²) in [6.45, 7) is 0. The van der Waals surface area contributed by atoms with Gasteiger partial charge >= 0.3 is 0 Å². The first-order valence-electron chi connectivity index (χ1n) is 3.73. The van der Waals surface area contributed by atoms with Crippen molar-refractivity contribution in [2.24, 2.45) is 0 Å². The molecule has 0 aliphatic rings. The normalized spacial score (nSPS) is 12.9. The average Bonchev–Trinajstić information content (AvgIpc) is 2.07. The molecule has 1 aromatic carbocycles. The van der Waals surface area contributed by atoms with Gasteiger partial charge in [0.25, 0.3) is 0 Å². The van der Waals surface area contributed by atoms with E-state index in [2.05, 4.69) is 5.32 Å². The van der Waals surface area contributed by atoms with Crippen LogP contribution in [-0.4, -0.2) is 14.2 Å². The van der Waals surface area contributed by atoms with E-state index >= 15 is 0 Å². The molecule has 2 nitrogen and oxygen atoms in total. The van der Waals surface area contributed by atoms with Crippen molar-refractivity contribution in [3.63, 3.8) is 0 Å². The van der Waals surface area contributed by atoms with Crippen LogP contribution in [0.2, 0.25) is 0 Å². The highest BCUT2D eigenvalue weighted by Gasteiger charge is 2.06. The zero-order valence-electron chi connectivity index (χ0n) is 7.17. The molecule has 1 rings (SSSR count). The van der Waals surface area contributed by atoms with E-state index in [9.17, 15) is 4.39 Å². The molecule has 0 aliphatic heterocycles. The standard InChI is InChI=1S/C9H12FNO/c1-11-9(12-2)7-4-3-5-8(10)6-7/h3-6,9,11H,1-2H3. The summed E-state index contributed by atoms with van der Waals surface area (Å²) in [5.74, 6) is -0.246. The van der Waals surface area contributed by atoms with Crippen LogP contribution >= 0.6 is 0 Å². The highest BCUT2D eigenvalue weighted by molar-refractivity contribution is 5.18. The van der Waals surface area contributed by atoms with Crippen LogP contribution in [0.15, 0.2) is 24.3 Å². The number of nitrogens with one attached hydrogen (secondary N) is 1.